The van der Waals surface area contributed by atoms with E-state index < -0.39 is 0 Å². The molecule has 0 spiro atoms. The average molecular weight is 449 g/mol. The fourth-order valence-corrected chi connectivity index (χ4v) is 10.9. The Morgan fingerprint density at radius 1 is 0.735 bits per heavy atom. The quantitative estimate of drug-likeness (QED) is 0.421. The molecule has 4 nitrogen and oxygen atoms in total. The molecule has 2 aromatic carbocycles. The van der Waals surface area contributed by atoms with Crippen molar-refractivity contribution in [2.24, 2.45) is 47.3 Å². The van der Waals surface area contributed by atoms with Crippen LogP contribution in [0.25, 0.3) is 10.8 Å². The van der Waals surface area contributed by atoms with Gasteiger partial charge >= 0.3 is 0 Å². The fraction of sp³-hybridized carbons (Fsp3) is 0.533. The van der Waals surface area contributed by atoms with E-state index >= 15 is 0 Å². The van der Waals surface area contributed by atoms with Crippen LogP contribution in [0.1, 0.15) is 48.6 Å². The molecule has 170 valence electrons. The molecule has 2 aromatic rings. The highest BCUT2D eigenvalue weighted by Crippen LogP contribution is 2.80. The number of hydrogen-bond acceptors (Lipinski definition) is 4. The molecule has 8 rings (SSSR count). The van der Waals surface area contributed by atoms with Crippen molar-refractivity contribution >= 4 is 10.8 Å². The van der Waals surface area contributed by atoms with Gasteiger partial charge in [0.2, 0.25) is 0 Å². The van der Waals surface area contributed by atoms with Crippen LogP contribution < -0.4 is 9.47 Å². The normalized spacial score (nSPS) is 41.2. The third-order valence-corrected chi connectivity index (χ3v) is 11.2. The predicted octanol–water partition coefficient (Wildman–Crippen LogP) is 5.94. The maximum Gasteiger partial charge on any atom is 0.130 e. The third kappa shape index (κ3) is 1.92. The molecular formula is C30H28N2O2. The summed E-state index contributed by atoms with van der Waals surface area (Å²) in [5, 5.41) is 21.7. The Morgan fingerprint density at radius 2 is 1.21 bits per heavy atom. The molecule has 0 N–H and O–H groups in total. The minimum absolute atomic E-state index is 0.437. The summed E-state index contributed by atoms with van der Waals surface area (Å²) < 4.78 is 12.3. The maximum absolute atomic E-state index is 9.68. The number of methoxy groups -OCH3 is 2. The van der Waals surface area contributed by atoms with Crippen LogP contribution in [-0.4, -0.2) is 14.2 Å². The first-order valence-electron chi connectivity index (χ1n) is 12.9. The lowest BCUT2D eigenvalue weighted by molar-refractivity contribution is 0.0556. The molecule has 0 saturated heterocycles. The van der Waals surface area contributed by atoms with Gasteiger partial charge in [-0.05, 0) is 90.4 Å². The van der Waals surface area contributed by atoms with Gasteiger partial charge in [0.25, 0.3) is 0 Å². The van der Waals surface area contributed by atoms with E-state index in [9.17, 15) is 10.5 Å². The highest BCUT2D eigenvalue weighted by molar-refractivity contribution is 5.97. The molecular weight excluding hydrogens is 420 g/mol. The number of ether oxygens (including phenoxy) is 2. The Kier molecular flexibility index (Phi) is 3.62. The van der Waals surface area contributed by atoms with E-state index in [4.69, 9.17) is 9.47 Å². The van der Waals surface area contributed by atoms with Gasteiger partial charge in [0.1, 0.15) is 29.2 Å². The van der Waals surface area contributed by atoms with E-state index in [0.29, 0.717) is 41.1 Å². The summed E-state index contributed by atoms with van der Waals surface area (Å²) in [5.74, 6) is 8.47. The topological polar surface area (TPSA) is 66.0 Å². The Labute approximate surface area is 200 Å². The summed E-state index contributed by atoms with van der Waals surface area (Å²) in [4.78, 5) is 0. The van der Waals surface area contributed by atoms with Gasteiger partial charge in [-0.3, -0.25) is 0 Å². The monoisotopic (exact) mass is 448 g/mol. The molecule has 5 saturated carbocycles. The van der Waals surface area contributed by atoms with E-state index in [2.05, 4.69) is 36.4 Å². The maximum atomic E-state index is 9.68. The molecule has 6 aliphatic carbocycles. The highest BCUT2D eigenvalue weighted by atomic mass is 16.5. The number of nitriles is 2. The lowest BCUT2D eigenvalue weighted by Crippen LogP contribution is -2.40. The zero-order valence-electron chi connectivity index (χ0n) is 19.6. The van der Waals surface area contributed by atoms with Gasteiger partial charge in [-0.2, -0.15) is 10.5 Å². The van der Waals surface area contributed by atoms with Gasteiger partial charge in [-0.25, -0.2) is 0 Å². The molecule has 6 bridgehead atoms. The van der Waals surface area contributed by atoms with Crippen LogP contribution in [0.3, 0.4) is 0 Å². The number of benzene rings is 2. The summed E-state index contributed by atoms with van der Waals surface area (Å²) in [6, 6.07) is 13.1. The Balaban J connectivity index is 1.30. The van der Waals surface area contributed by atoms with Gasteiger partial charge in [-0.1, -0.05) is 24.3 Å². The lowest BCUT2D eigenvalue weighted by Gasteiger charge is -2.45. The van der Waals surface area contributed by atoms with Gasteiger partial charge in [0.05, 0.1) is 14.2 Å². The first-order valence-corrected chi connectivity index (χ1v) is 12.9. The van der Waals surface area contributed by atoms with E-state index in [0.717, 1.165) is 35.2 Å². The molecule has 10 atom stereocenters. The van der Waals surface area contributed by atoms with Gasteiger partial charge in [0.15, 0.2) is 0 Å². The van der Waals surface area contributed by atoms with Gasteiger partial charge in [0, 0.05) is 21.9 Å². The van der Waals surface area contributed by atoms with Crippen LogP contribution in [0.4, 0.5) is 0 Å². The number of fused-ring (bicyclic) bond motifs is 20. The molecule has 0 radical (unpaired) electrons. The van der Waals surface area contributed by atoms with Gasteiger partial charge in [-0.15, -0.1) is 0 Å². The third-order valence-electron chi connectivity index (χ3n) is 11.2. The summed E-state index contributed by atoms with van der Waals surface area (Å²) in [5.41, 5.74) is 4.55. The average Bonchev–Trinajstić information content (AvgIpc) is 3.69. The Morgan fingerprint density at radius 3 is 1.65 bits per heavy atom. The van der Waals surface area contributed by atoms with Crippen molar-refractivity contribution in [2.45, 2.75) is 37.5 Å². The molecule has 34 heavy (non-hydrogen) atoms. The first-order chi connectivity index (χ1) is 16.7. The number of nitrogens with zero attached hydrogens (tertiary/aromatic N) is 2. The number of hydrogen-bond donors (Lipinski definition) is 0. The van der Waals surface area contributed by atoms with E-state index in [1.54, 1.807) is 0 Å². The highest BCUT2D eigenvalue weighted by Gasteiger charge is 2.73. The molecule has 0 aromatic heterocycles. The van der Waals surface area contributed by atoms with Crippen molar-refractivity contribution in [2.75, 3.05) is 14.2 Å². The lowest BCUT2D eigenvalue weighted by atomic mass is 9.59. The summed E-state index contributed by atoms with van der Waals surface area (Å²) in [6.45, 7) is 0. The minimum atomic E-state index is 0.437. The van der Waals surface area contributed by atoms with Crippen molar-refractivity contribution in [1.29, 1.82) is 10.5 Å². The predicted molar refractivity (Wildman–Crippen MR) is 127 cm³/mol. The van der Waals surface area contributed by atoms with E-state index in [1.807, 2.05) is 14.2 Å². The van der Waals surface area contributed by atoms with Crippen molar-refractivity contribution in [3.8, 4) is 23.6 Å². The van der Waals surface area contributed by atoms with Gasteiger partial charge < -0.3 is 9.47 Å². The zero-order valence-corrected chi connectivity index (χ0v) is 19.6. The molecule has 0 unspecified atom stereocenters. The second-order valence-electron chi connectivity index (χ2n) is 11.6. The number of rotatable bonds is 2. The molecule has 6 aliphatic rings. The summed E-state index contributed by atoms with van der Waals surface area (Å²) in [6.07, 6.45) is 4.95. The molecule has 0 heterocycles. The number of allylic oxidation sites excluding steroid dienone is 2. The Bertz CT molecular complexity index is 1290. The fourth-order valence-electron chi connectivity index (χ4n) is 10.9. The van der Waals surface area contributed by atoms with E-state index in [1.165, 1.54) is 53.2 Å². The zero-order chi connectivity index (χ0) is 22.9. The van der Waals surface area contributed by atoms with Crippen LogP contribution in [0.15, 0.2) is 35.4 Å². The SMILES string of the molecule is COc1c2c(c(OC)c3ccccc13)[C@@H]1C[C@H]2[C@H]2[C@H]3C[C@@H]([C@H]21)[C@H]1[C@@H]3[C@H]2CC[C@@H]1C2=C(C#N)C#N. The largest absolute Gasteiger partial charge is 0.496 e. The minimum Gasteiger partial charge on any atom is -0.496 e. The standard InChI is InChI=1S/C30H28N2O2/c1-33-29-14-5-3-4-6-15(14)30(34-2)28-21-10-20(27(28)29)25-18-9-19(26(21)25)24-17-8-7-16(23(18)24)22(17)13(11-31)12-32/h3-6,16-21,23-26H,7-10H2,1-2H3/t16-,17+,18-,19+,20-,21+,23+,24-,25+,26-. The Hall–Kier alpha value is -2.98. The summed E-state index contributed by atoms with van der Waals surface area (Å²) in [7, 11) is 3.65. The van der Waals surface area contributed by atoms with Crippen molar-refractivity contribution in [3.63, 3.8) is 0 Å². The van der Waals surface area contributed by atoms with Crippen LogP contribution >= 0.6 is 0 Å². The summed E-state index contributed by atoms with van der Waals surface area (Å²) >= 11 is 0. The molecule has 0 aliphatic heterocycles. The second-order valence-corrected chi connectivity index (χ2v) is 11.6. The van der Waals surface area contributed by atoms with Crippen LogP contribution in [0.2, 0.25) is 0 Å². The molecule has 5 fully saturated rings. The van der Waals surface area contributed by atoms with Crippen molar-refractivity contribution in [1.82, 2.24) is 0 Å². The van der Waals surface area contributed by atoms with Crippen LogP contribution in [0, 0.1) is 70.0 Å². The van der Waals surface area contributed by atoms with Crippen LogP contribution in [-0.2, 0) is 0 Å². The van der Waals surface area contributed by atoms with Crippen molar-refractivity contribution in [3.05, 3.63) is 46.5 Å². The smallest absolute Gasteiger partial charge is 0.130 e. The van der Waals surface area contributed by atoms with Crippen molar-refractivity contribution < 1.29 is 9.47 Å². The van der Waals surface area contributed by atoms with E-state index in [-0.39, 0.29) is 0 Å². The second kappa shape index (κ2) is 6.37. The van der Waals surface area contributed by atoms with Crippen LogP contribution in [0.5, 0.6) is 11.5 Å². The first kappa shape index (κ1) is 19.3. The molecule has 0 amide bonds. The molecule has 4 heteroatoms.